The van der Waals surface area contributed by atoms with Crippen LogP contribution in [0, 0.1) is 0 Å². The maximum atomic E-state index is 11.8. The average Bonchev–Trinajstić information content (AvgIpc) is 3.29. The summed E-state index contributed by atoms with van der Waals surface area (Å²) in [6, 6.07) is 14.5. The Hall–Kier alpha value is -2.56. The van der Waals surface area contributed by atoms with Crippen molar-refractivity contribution in [2.75, 3.05) is 6.54 Å². The van der Waals surface area contributed by atoms with E-state index in [9.17, 15) is 9.59 Å². The van der Waals surface area contributed by atoms with E-state index in [4.69, 9.17) is 5.11 Å². The number of carboxylic acids is 1. The Kier molecular flexibility index (Phi) is 4.46. The minimum Gasteiger partial charge on any atom is -0.481 e. The van der Waals surface area contributed by atoms with E-state index in [1.165, 1.54) is 16.3 Å². The van der Waals surface area contributed by atoms with Crippen molar-refractivity contribution in [3.8, 4) is 0 Å². The molecular formula is C18H20N2O3. The fraction of sp³-hybridized carbons (Fsp3) is 0.333. The van der Waals surface area contributed by atoms with Crippen LogP contribution in [-0.2, 0) is 4.79 Å². The Morgan fingerprint density at radius 1 is 1.13 bits per heavy atom. The summed E-state index contributed by atoms with van der Waals surface area (Å²) in [6.07, 6.45) is 1.46. The smallest absolute Gasteiger partial charge is 0.315 e. The zero-order chi connectivity index (χ0) is 16.2. The lowest BCUT2D eigenvalue weighted by Crippen LogP contribution is -2.37. The van der Waals surface area contributed by atoms with Crippen LogP contribution < -0.4 is 10.6 Å². The first kappa shape index (κ1) is 15.3. The Morgan fingerprint density at radius 2 is 1.91 bits per heavy atom. The number of aliphatic carboxylic acids is 1. The molecule has 0 unspecified atom stereocenters. The summed E-state index contributed by atoms with van der Waals surface area (Å²) in [6.45, 7) is 0.379. The molecule has 1 saturated carbocycles. The number of carbonyl (C=O) groups is 2. The molecule has 2 aromatic rings. The van der Waals surface area contributed by atoms with E-state index in [-0.39, 0.29) is 18.5 Å². The molecule has 0 spiro atoms. The second kappa shape index (κ2) is 6.69. The van der Waals surface area contributed by atoms with E-state index in [1.54, 1.807) is 0 Å². The number of carboxylic acid groups (broad SMARTS) is 1. The van der Waals surface area contributed by atoms with Crippen molar-refractivity contribution in [2.24, 2.45) is 0 Å². The Morgan fingerprint density at radius 3 is 2.74 bits per heavy atom. The standard InChI is InChI=1S/C18H20N2O3/c21-17(22)9-4-10-19-18(23)20-16-11-15(16)14-8-3-6-12-5-1-2-7-13(12)14/h1-3,5-8,15-16H,4,9-11H2,(H,21,22)(H2,19,20,23)/t15-,16+/m0/s1. The number of nitrogens with one attached hydrogen (secondary N) is 2. The highest BCUT2D eigenvalue weighted by molar-refractivity contribution is 5.87. The number of hydrogen-bond acceptors (Lipinski definition) is 2. The molecule has 5 heteroatoms. The van der Waals surface area contributed by atoms with E-state index in [0.717, 1.165) is 6.42 Å². The van der Waals surface area contributed by atoms with Gasteiger partial charge in [-0.25, -0.2) is 4.79 Å². The number of hydrogen-bond donors (Lipinski definition) is 3. The highest BCUT2D eigenvalue weighted by atomic mass is 16.4. The molecule has 0 aromatic heterocycles. The third-order valence-electron chi connectivity index (χ3n) is 4.18. The minimum atomic E-state index is -0.842. The van der Waals surface area contributed by atoms with Crippen molar-refractivity contribution in [1.29, 1.82) is 0 Å². The Balaban J connectivity index is 1.53. The molecule has 5 nitrogen and oxygen atoms in total. The molecule has 1 aliphatic rings. The molecule has 3 N–H and O–H groups in total. The van der Waals surface area contributed by atoms with Crippen molar-refractivity contribution in [1.82, 2.24) is 10.6 Å². The van der Waals surface area contributed by atoms with Gasteiger partial charge in [-0.2, -0.15) is 0 Å². The third-order valence-corrected chi connectivity index (χ3v) is 4.18. The van der Waals surface area contributed by atoms with E-state index in [1.807, 2.05) is 12.1 Å². The maximum absolute atomic E-state index is 11.8. The molecule has 2 atom stereocenters. The highest BCUT2D eigenvalue weighted by Gasteiger charge is 2.40. The SMILES string of the molecule is O=C(O)CCCNC(=O)N[C@@H]1C[C@H]1c1cccc2ccccc12. The molecule has 120 valence electrons. The van der Waals surface area contributed by atoms with Gasteiger partial charge >= 0.3 is 12.0 Å². The summed E-state index contributed by atoms with van der Waals surface area (Å²) in [5, 5.41) is 16.7. The summed E-state index contributed by atoms with van der Waals surface area (Å²) in [4.78, 5) is 22.2. The van der Waals surface area contributed by atoms with Gasteiger partial charge in [-0.3, -0.25) is 4.79 Å². The minimum absolute atomic E-state index is 0.0718. The second-order valence-electron chi connectivity index (χ2n) is 5.91. The molecule has 2 amide bonds. The van der Waals surface area contributed by atoms with Gasteiger partial charge in [0.25, 0.3) is 0 Å². The normalized spacial score (nSPS) is 19.3. The van der Waals surface area contributed by atoms with E-state index >= 15 is 0 Å². The molecule has 1 aliphatic carbocycles. The van der Waals surface area contributed by atoms with Gasteiger partial charge in [-0.05, 0) is 29.2 Å². The van der Waals surface area contributed by atoms with Gasteiger partial charge in [0.05, 0.1) is 0 Å². The largest absolute Gasteiger partial charge is 0.481 e. The Bertz CT molecular complexity index is 724. The van der Waals surface area contributed by atoms with E-state index in [2.05, 4.69) is 41.0 Å². The van der Waals surface area contributed by atoms with Crippen LogP contribution >= 0.6 is 0 Å². The van der Waals surface area contributed by atoms with Gasteiger partial charge in [0.1, 0.15) is 0 Å². The average molecular weight is 312 g/mol. The lowest BCUT2D eigenvalue weighted by Gasteiger charge is -2.08. The third kappa shape index (κ3) is 3.80. The van der Waals surface area contributed by atoms with Crippen molar-refractivity contribution < 1.29 is 14.7 Å². The van der Waals surface area contributed by atoms with Gasteiger partial charge in [-0.1, -0.05) is 42.5 Å². The van der Waals surface area contributed by atoms with Gasteiger partial charge in [0, 0.05) is 24.9 Å². The molecule has 0 aliphatic heterocycles. The van der Waals surface area contributed by atoms with Crippen LogP contribution in [-0.4, -0.2) is 29.7 Å². The van der Waals surface area contributed by atoms with Gasteiger partial charge < -0.3 is 15.7 Å². The van der Waals surface area contributed by atoms with Crippen LogP contribution in [0.25, 0.3) is 10.8 Å². The molecule has 0 saturated heterocycles. The van der Waals surface area contributed by atoms with Crippen LogP contribution in [0.4, 0.5) is 4.79 Å². The van der Waals surface area contributed by atoms with Crippen LogP contribution in [0.1, 0.15) is 30.7 Å². The zero-order valence-electron chi connectivity index (χ0n) is 12.8. The molecule has 2 aromatic carbocycles. The summed E-state index contributed by atoms with van der Waals surface area (Å²) in [5.41, 5.74) is 1.28. The fourth-order valence-corrected chi connectivity index (χ4v) is 2.93. The van der Waals surface area contributed by atoms with Crippen LogP contribution in [0.15, 0.2) is 42.5 Å². The molecular weight excluding hydrogens is 292 g/mol. The number of fused-ring (bicyclic) bond motifs is 1. The number of benzene rings is 2. The fourth-order valence-electron chi connectivity index (χ4n) is 2.93. The molecule has 0 radical (unpaired) electrons. The summed E-state index contributed by atoms with van der Waals surface area (Å²) >= 11 is 0. The molecule has 0 bridgehead atoms. The lowest BCUT2D eigenvalue weighted by molar-refractivity contribution is -0.137. The quantitative estimate of drug-likeness (QED) is 0.718. The highest BCUT2D eigenvalue weighted by Crippen LogP contribution is 2.43. The number of urea groups is 1. The van der Waals surface area contributed by atoms with Crippen LogP contribution in [0.2, 0.25) is 0 Å². The molecule has 23 heavy (non-hydrogen) atoms. The molecule has 3 rings (SSSR count). The van der Waals surface area contributed by atoms with Crippen molar-refractivity contribution in [3.05, 3.63) is 48.0 Å². The molecule has 1 fully saturated rings. The first-order valence-electron chi connectivity index (χ1n) is 7.89. The van der Waals surface area contributed by atoms with Crippen molar-refractivity contribution in [2.45, 2.75) is 31.2 Å². The summed E-state index contributed by atoms with van der Waals surface area (Å²) in [5.74, 6) is -0.490. The zero-order valence-corrected chi connectivity index (χ0v) is 12.8. The summed E-state index contributed by atoms with van der Waals surface area (Å²) < 4.78 is 0. The van der Waals surface area contributed by atoms with Gasteiger partial charge in [0.2, 0.25) is 0 Å². The van der Waals surface area contributed by atoms with Crippen molar-refractivity contribution in [3.63, 3.8) is 0 Å². The summed E-state index contributed by atoms with van der Waals surface area (Å²) in [7, 11) is 0. The van der Waals surface area contributed by atoms with Gasteiger partial charge in [-0.15, -0.1) is 0 Å². The van der Waals surface area contributed by atoms with E-state index in [0.29, 0.717) is 18.9 Å². The number of amides is 2. The Labute approximate surface area is 134 Å². The van der Waals surface area contributed by atoms with Gasteiger partial charge in [0.15, 0.2) is 0 Å². The first-order chi connectivity index (χ1) is 11.1. The van der Waals surface area contributed by atoms with E-state index < -0.39 is 5.97 Å². The second-order valence-corrected chi connectivity index (χ2v) is 5.91. The predicted octanol–water partition coefficient (Wildman–Crippen LogP) is 2.86. The lowest BCUT2D eigenvalue weighted by atomic mass is 10.0. The first-order valence-corrected chi connectivity index (χ1v) is 7.89. The number of carbonyl (C=O) groups excluding carboxylic acids is 1. The van der Waals surface area contributed by atoms with Crippen molar-refractivity contribution >= 4 is 22.8 Å². The molecule has 0 heterocycles. The predicted molar refractivity (Wildman–Crippen MR) is 88.5 cm³/mol. The maximum Gasteiger partial charge on any atom is 0.315 e. The topological polar surface area (TPSA) is 78.4 Å². The number of rotatable bonds is 6. The monoisotopic (exact) mass is 312 g/mol. The van der Waals surface area contributed by atoms with Crippen LogP contribution in [0.5, 0.6) is 0 Å². The van der Waals surface area contributed by atoms with Crippen LogP contribution in [0.3, 0.4) is 0 Å².